The number of nitrogens with one attached hydrogen (secondary N) is 1. The van der Waals surface area contributed by atoms with Crippen LogP contribution in [0.2, 0.25) is 0 Å². The van der Waals surface area contributed by atoms with Gasteiger partial charge in [0.2, 0.25) is 11.9 Å². The fraction of sp³-hybridized carbons (Fsp3) is 0.778. The first-order chi connectivity index (χ1) is 7.34. The summed E-state index contributed by atoms with van der Waals surface area (Å²) >= 11 is 0. The van der Waals surface area contributed by atoms with Crippen molar-refractivity contribution in [2.24, 2.45) is 5.92 Å². The summed E-state index contributed by atoms with van der Waals surface area (Å²) < 4.78 is 7.35. The second kappa shape index (κ2) is 3.37. The lowest BCUT2D eigenvalue weighted by molar-refractivity contribution is 0.167. The van der Waals surface area contributed by atoms with Gasteiger partial charge in [-0.1, -0.05) is 0 Å². The molecule has 1 aromatic rings. The first kappa shape index (κ1) is 8.96. The number of nitrogens with zero attached hydrogens (tertiary/aromatic N) is 3. The average Bonchev–Trinajstić information content (AvgIpc) is 2.82. The van der Waals surface area contributed by atoms with E-state index in [4.69, 9.17) is 10.5 Å². The highest BCUT2D eigenvalue weighted by atomic mass is 16.5. The van der Waals surface area contributed by atoms with Crippen LogP contribution in [0.1, 0.15) is 18.9 Å². The second-order valence-corrected chi connectivity index (χ2v) is 4.14. The van der Waals surface area contributed by atoms with Crippen molar-refractivity contribution in [2.45, 2.75) is 18.9 Å². The molecule has 1 fully saturated rings. The molecule has 0 aromatic carbocycles. The molecule has 3 heterocycles. The Balaban J connectivity index is 1.90. The van der Waals surface area contributed by atoms with Gasteiger partial charge in [-0.3, -0.25) is 0 Å². The molecule has 1 aromatic heterocycles. The van der Waals surface area contributed by atoms with Gasteiger partial charge in [-0.15, -0.1) is 5.10 Å². The molecule has 2 atom stereocenters. The summed E-state index contributed by atoms with van der Waals surface area (Å²) in [6, 6.07) is 0.397. The van der Waals surface area contributed by atoms with Crippen LogP contribution >= 0.6 is 0 Å². The summed E-state index contributed by atoms with van der Waals surface area (Å²) in [4.78, 5) is 4.15. The molecule has 0 saturated carbocycles. The predicted molar refractivity (Wildman–Crippen MR) is 55.5 cm³/mol. The molecule has 0 bridgehead atoms. The maximum atomic E-state index is 5.60. The van der Waals surface area contributed by atoms with E-state index >= 15 is 0 Å². The Morgan fingerprint density at radius 1 is 1.47 bits per heavy atom. The highest BCUT2D eigenvalue weighted by Crippen LogP contribution is 2.33. The van der Waals surface area contributed by atoms with Gasteiger partial charge in [0.05, 0.1) is 12.6 Å². The number of aromatic nitrogens is 3. The van der Waals surface area contributed by atoms with E-state index in [2.05, 4.69) is 15.4 Å². The second-order valence-electron chi connectivity index (χ2n) is 4.14. The summed E-state index contributed by atoms with van der Waals surface area (Å²) in [7, 11) is 0. The fourth-order valence-electron chi connectivity index (χ4n) is 2.44. The molecule has 82 valence electrons. The molecule has 0 spiro atoms. The molecule has 15 heavy (non-hydrogen) atoms. The van der Waals surface area contributed by atoms with E-state index in [9.17, 15) is 0 Å². The van der Waals surface area contributed by atoms with Gasteiger partial charge in [0.15, 0.2) is 0 Å². The standard InChI is InChI=1S/C9H15N5O/c10-8-12-9-11-3-1-7(14(9)13-8)6-2-4-15-5-6/h6-7H,1-5H2,(H3,10,11,12,13). The predicted octanol–water partition coefficient (Wildman–Crippen LogP) is 0.253. The minimum atomic E-state index is 0.350. The van der Waals surface area contributed by atoms with Crippen LogP contribution < -0.4 is 11.1 Å². The van der Waals surface area contributed by atoms with Crippen LogP contribution in [0.4, 0.5) is 11.9 Å². The average molecular weight is 209 g/mol. The lowest BCUT2D eigenvalue weighted by Crippen LogP contribution is -2.29. The van der Waals surface area contributed by atoms with Crippen molar-refractivity contribution < 1.29 is 4.74 Å². The van der Waals surface area contributed by atoms with Crippen LogP contribution in [-0.4, -0.2) is 34.5 Å². The summed E-state index contributed by atoms with van der Waals surface area (Å²) in [5.41, 5.74) is 5.60. The molecular weight excluding hydrogens is 194 g/mol. The molecule has 0 amide bonds. The van der Waals surface area contributed by atoms with Gasteiger partial charge < -0.3 is 15.8 Å². The number of nitrogen functional groups attached to an aromatic ring is 1. The normalized spacial score (nSPS) is 29.9. The summed E-state index contributed by atoms with van der Waals surface area (Å²) in [5, 5.41) is 7.45. The maximum absolute atomic E-state index is 5.60. The van der Waals surface area contributed by atoms with Crippen LogP contribution in [0.5, 0.6) is 0 Å². The Labute approximate surface area is 87.8 Å². The zero-order valence-electron chi connectivity index (χ0n) is 8.52. The van der Waals surface area contributed by atoms with Gasteiger partial charge in [-0.05, 0) is 12.8 Å². The van der Waals surface area contributed by atoms with E-state index in [1.807, 2.05) is 4.68 Å². The fourth-order valence-corrected chi connectivity index (χ4v) is 2.44. The Hall–Kier alpha value is -1.30. The van der Waals surface area contributed by atoms with Crippen LogP contribution in [0.25, 0.3) is 0 Å². The van der Waals surface area contributed by atoms with Crippen molar-refractivity contribution in [3.63, 3.8) is 0 Å². The highest BCUT2D eigenvalue weighted by Gasteiger charge is 2.31. The molecule has 2 aliphatic heterocycles. The zero-order chi connectivity index (χ0) is 10.3. The Morgan fingerprint density at radius 2 is 2.40 bits per heavy atom. The Morgan fingerprint density at radius 3 is 3.20 bits per heavy atom. The smallest absolute Gasteiger partial charge is 0.241 e. The molecular formula is C9H15N5O. The van der Waals surface area contributed by atoms with E-state index in [-0.39, 0.29) is 0 Å². The number of hydrogen-bond acceptors (Lipinski definition) is 5. The summed E-state index contributed by atoms with van der Waals surface area (Å²) in [6.45, 7) is 2.65. The summed E-state index contributed by atoms with van der Waals surface area (Å²) in [5.74, 6) is 1.71. The van der Waals surface area contributed by atoms with Crippen molar-refractivity contribution in [1.29, 1.82) is 0 Å². The SMILES string of the molecule is Nc1nc2n(n1)C(C1CCOC1)CCN2. The third kappa shape index (κ3) is 1.45. The molecule has 0 radical (unpaired) electrons. The quantitative estimate of drug-likeness (QED) is 0.693. The molecule has 3 N–H and O–H groups in total. The van der Waals surface area contributed by atoms with Crippen LogP contribution in [0.15, 0.2) is 0 Å². The van der Waals surface area contributed by atoms with Crippen molar-refractivity contribution in [3.8, 4) is 0 Å². The zero-order valence-corrected chi connectivity index (χ0v) is 8.52. The first-order valence-electron chi connectivity index (χ1n) is 5.38. The molecule has 6 heteroatoms. The number of ether oxygens (including phenoxy) is 1. The van der Waals surface area contributed by atoms with E-state index in [0.29, 0.717) is 17.9 Å². The highest BCUT2D eigenvalue weighted by molar-refractivity contribution is 5.34. The van der Waals surface area contributed by atoms with Crippen molar-refractivity contribution >= 4 is 11.9 Å². The van der Waals surface area contributed by atoms with E-state index < -0.39 is 0 Å². The number of nitrogens with two attached hydrogens (primary N) is 1. The number of anilines is 2. The minimum absolute atomic E-state index is 0.350. The van der Waals surface area contributed by atoms with Gasteiger partial charge in [-0.25, -0.2) is 4.68 Å². The molecule has 0 aliphatic carbocycles. The van der Waals surface area contributed by atoms with Crippen LogP contribution in [0, 0.1) is 5.92 Å². The largest absolute Gasteiger partial charge is 0.381 e. The van der Waals surface area contributed by atoms with E-state index in [1.54, 1.807) is 0 Å². The first-order valence-corrected chi connectivity index (χ1v) is 5.38. The maximum Gasteiger partial charge on any atom is 0.241 e. The van der Waals surface area contributed by atoms with Crippen molar-refractivity contribution in [2.75, 3.05) is 30.8 Å². The molecule has 6 nitrogen and oxygen atoms in total. The Bertz CT molecular complexity index is 357. The van der Waals surface area contributed by atoms with Gasteiger partial charge >= 0.3 is 0 Å². The topological polar surface area (TPSA) is 78.0 Å². The third-order valence-corrected chi connectivity index (χ3v) is 3.19. The number of rotatable bonds is 1. The lowest BCUT2D eigenvalue weighted by Gasteiger charge is -2.28. The lowest BCUT2D eigenvalue weighted by atomic mass is 9.95. The van der Waals surface area contributed by atoms with Gasteiger partial charge in [0.25, 0.3) is 0 Å². The molecule has 1 saturated heterocycles. The van der Waals surface area contributed by atoms with E-state index in [1.165, 1.54) is 0 Å². The molecule has 3 rings (SSSR count). The minimum Gasteiger partial charge on any atom is -0.381 e. The van der Waals surface area contributed by atoms with Crippen LogP contribution in [0.3, 0.4) is 0 Å². The molecule has 2 aliphatic rings. The molecule has 2 unspecified atom stereocenters. The van der Waals surface area contributed by atoms with E-state index in [0.717, 1.165) is 38.5 Å². The van der Waals surface area contributed by atoms with Crippen LogP contribution in [-0.2, 0) is 4.74 Å². The number of hydrogen-bond donors (Lipinski definition) is 2. The third-order valence-electron chi connectivity index (χ3n) is 3.19. The van der Waals surface area contributed by atoms with Gasteiger partial charge in [-0.2, -0.15) is 4.98 Å². The van der Waals surface area contributed by atoms with Crippen molar-refractivity contribution in [1.82, 2.24) is 14.8 Å². The monoisotopic (exact) mass is 209 g/mol. The number of fused-ring (bicyclic) bond motifs is 1. The van der Waals surface area contributed by atoms with Crippen molar-refractivity contribution in [3.05, 3.63) is 0 Å². The van der Waals surface area contributed by atoms with Gasteiger partial charge in [0.1, 0.15) is 0 Å². The van der Waals surface area contributed by atoms with Gasteiger partial charge in [0, 0.05) is 19.1 Å². The summed E-state index contributed by atoms with van der Waals surface area (Å²) in [6.07, 6.45) is 2.19. The Kier molecular flexibility index (Phi) is 2.02.